The monoisotopic (exact) mass is 389 g/mol. The quantitative estimate of drug-likeness (QED) is 0.675. The highest BCUT2D eigenvalue weighted by atomic mass is 16.6. The van der Waals surface area contributed by atoms with Crippen molar-refractivity contribution in [3.63, 3.8) is 0 Å². The standard InChI is InChI=1S/C20H27N3O5/c1-26-17-5-4-15(18-19(17)28-11-10-27-18)20(25)22-12-14-6-9-23(13-16(14)24)8-3-2-7-21/h4-5,14,16,24H,2-3,6,8-13H2,1H3,(H,22,25)/t14-,16?/m0/s1. The molecule has 2 aliphatic heterocycles. The molecule has 0 spiro atoms. The Kier molecular flexibility index (Phi) is 6.95. The van der Waals surface area contributed by atoms with E-state index in [0.717, 1.165) is 25.9 Å². The smallest absolute Gasteiger partial charge is 0.255 e. The van der Waals surface area contributed by atoms with E-state index in [-0.39, 0.29) is 11.8 Å². The molecule has 152 valence electrons. The summed E-state index contributed by atoms with van der Waals surface area (Å²) in [5, 5.41) is 22.0. The zero-order valence-corrected chi connectivity index (χ0v) is 16.1. The molecule has 2 aliphatic rings. The topological polar surface area (TPSA) is 104 Å². The van der Waals surface area contributed by atoms with Gasteiger partial charge in [0.25, 0.3) is 5.91 Å². The van der Waals surface area contributed by atoms with Crippen LogP contribution < -0.4 is 19.5 Å². The molecule has 1 aromatic carbocycles. The molecule has 8 heteroatoms. The second kappa shape index (κ2) is 9.62. The maximum atomic E-state index is 12.7. The number of nitrogens with one attached hydrogen (secondary N) is 1. The van der Waals surface area contributed by atoms with Crippen LogP contribution in [0.3, 0.4) is 0 Å². The number of aliphatic hydroxyl groups is 1. The highest BCUT2D eigenvalue weighted by molar-refractivity contribution is 5.98. The molecule has 2 N–H and O–H groups in total. The van der Waals surface area contributed by atoms with Gasteiger partial charge >= 0.3 is 0 Å². The molecule has 3 rings (SSSR count). The number of methoxy groups -OCH3 is 1. The maximum absolute atomic E-state index is 12.7. The number of fused-ring (bicyclic) bond motifs is 1. The lowest BCUT2D eigenvalue weighted by Crippen LogP contribution is -2.47. The molecule has 2 atom stereocenters. The normalized spacial score (nSPS) is 21.6. The third-order valence-electron chi connectivity index (χ3n) is 5.21. The van der Waals surface area contributed by atoms with Gasteiger partial charge in [-0.05, 0) is 38.1 Å². The minimum Gasteiger partial charge on any atom is -0.493 e. The minimum atomic E-state index is -0.500. The van der Waals surface area contributed by atoms with Crippen molar-refractivity contribution in [1.82, 2.24) is 10.2 Å². The van der Waals surface area contributed by atoms with Gasteiger partial charge in [0.2, 0.25) is 5.75 Å². The van der Waals surface area contributed by atoms with Crippen LogP contribution in [0.4, 0.5) is 0 Å². The summed E-state index contributed by atoms with van der Waals surface area (Å²) < 4.78 is 16.5. The molecule has 1 aromatic rings. The second-order valence-electron chi connectivity index (χ2n) is 7.06. The molecular formula is C20H27N3O5. The first-order valence-corrected chi connectivity index (χ1v) is 9.66. The predicted molar refractivity (Wildman–Crippen MR) is 102 cm³/mol. The highest BCUT2D eigenvalue weighted by Crippen LogP contribution is 2.41. The van der Waals surface area contributed by atoms with Crippen LogP contribution in [0.1, 0.15) is 29.6 Å². The highest BCUT2D eigenvalue weighted by Gasteiger charge is 2.29. The van der Waals surface area contributed by atoms with Gasteiger partial charge in [0, 0.05) is 25.4 Å². The van der Waals surface area contributed by atoms with Gasteiger partial charge in [-0.15, -0.1) is 0 Å². The molecule has 0 aliphatic carbocycles. The van der Waals surface area contributed by atoms with Crippen molar-refractivity contribution < 1.29 is 24.1 Å². The van der Waals surface area contributed by atoms with Gasteiger partial charge in [0.1, 0.15) is 13.2 Å². The number of aliphatic hydroxyl groups excluding tert-OH is 1. The van der Waals surface area contributed by atoms with Crippen LogP contribution in [0.15, 0.2) is 12.1 Å². The number of rotatable bonds is 7. The van der Waals surface area contributed by atoms with Gasteiger partial charge in [0.15, 0.2) is 11.5 Å². The van der Waals surface area contributed by atoms with E-state index in [1.165, 1.54) is 0 Å². The number of β-amino-alcohol motifs (C(OH)–C–C–N with tert-alkyl or cyclic N) is 1. The number of unbranched alkanes of at least 4 members (excludes halogenated alkanes) is 1. The Hall–Kier alpha value is -2.50. The summed E-state index contributed by atoms with van der Waals surface area (Å²) in [6.07, 6.45) is 1.65. The first kappa shape index (κ1) is 20.2. The Bertz CT molecular complexity index is 733. The zero-order chi connectivity index (χ0) is 19.9. The van der Waals surface area contributed by atoms with Crippen molar-refractivity contribution in [3.8, 4) is 23.3 Å². The van der Waals surface area contributed by atoms with Crippen LogP contribution in [0.2, 0.25) is 0 Å². The lowest BCUT2D eigenvalue weighted by Gasteiger charge is -2.36. The number of hydrogen-bond acceptors (Lipinski definition) is 7. The number of ether oxygens (including phenoxy) is 3. The van der Waals surface area contributed by atoms with Crippen molar-refractivity contribution in [3.05, 3.63) is 17.7 Å². The molecule has 0 bridgehead atoms. The van der Waals surface area contributed by atoms with Gasteiger partial charge in [-0.2, -0.15) is 5.26 Å². The number of carbonyl (C=O) groups is 1. The molecule has 0 saturated carbocycles. The number of nitriles is 1. The Morgan fingerprint density at radius 2 is 2.18 bits per heavy atom. The number of piperidine rings is 1. The fourth-order valence-corrected chi connectivity index (χ4v) is 3.64. The Labute approximate surface area is 165 Å². The van der Waals surface area contributed by atoms with Crippen LogP contribution in [0.5, 0.6) is 17.2 Å². The third-order valence-corrected chi connectivity index (χ3v) is 5.21. The molecular weight excluding hydrogens is 362 g/mol. The van der Waals surface area contributed by atoms with E-state index in [0.29, 0.717) is 55.5 Å². The van der Waals surface area contributed by atoms with E-state index in [1.54, 1.807) is 19.2 Å². The van der Waals surface area contributed by atoms with E-state index in [2.05, 4.69) is 16.3 Å². The Morgan fingerprint density at radius 1 is 1.39 bits per heavy atom. The van der Waals surface area contributed by atoms with Gasteiger partial charge < -0.3 is 29.5 Å². The average Bonchev–Trinajstić information content (AvgIpc) is 2.72. The average molecular weight is 389 g/mol. The minimum absolute atomic E-state index is 0.00223. The van der Waals surface area contributed by atoms with Crippen LogP contribution in [-0.4, -0.2) is 68.5 Å². The molecule has 8 nitrogen and oxygen atoms in total. The number of hydrogen-bond donors (Lipinski definition) is 2. The summed E-state index contributed by atoms with van der Waals surface area (Å²) in [5.41, 5.74) is 0.402. The molecule has 0 aromatic heterocycles. The first-order chi connectivity index (χ1) is 13.6. The molecule has 2 heterocycles. The first-order valence-electron chi connectivity index (χ1n) is 9.66. The SMILES string of the molecule is COc1ccc(C(=O)NC[C@@H]2CCN(CCCC#N)CC2O)c2c1OCCO2. The Morgan fingerprint density at radius 3 is 2.89 bits per heavy atom. The number of carbonyl (C=O) groups excluding carboxylic acids is 1. The van der Waals surface area contributed by atoms with Gasteiger partial charge in [0.05, 0.1) is 24.8 Å². The van der Waals surface area contributed by atoms with E-state index in [1.807, 2.05) is 0 Å². The lowest BCUT2D eigenvalue weighted by molar-refractivity contribution is 0.0219. The van der Waals surface area contributed by atoms with E-state index < -0.39 is 6.10 Å². The van der Waals surface area contributed by atoms with E-state index >= 15 is 0 Å². The van der Waals surface area contributed by atoms with Gasteiger partial charge in [-0.1, -0.05) is 0 Å². The van der Waals surface area contributed by atoms with Crippen molar-refractivity contribution in [2.45, 2.75) is 25.4 Å². The molecule has 1 amide bonds. The second-order valence-corrected chi connectivity index (χ2v) is 7.06. The summed E-state index contributed by atoms with van der Waals surface area (Å²) in [4.78, 5) is 14.9. The Balaban J connectivity index is 1.56. The maximum Gasteiger partial charge on any atom is 0.255 e. The number of amides is 1. The summed E-state index contributed by atoms with van der Waals surface area (Å²) in [6, 6.07) is 5.49. The van der Waals surface area contributed by atoms with Gasteiger partial charge in [-0.25, -0.2) is 0 Å². The molecule has 1 unspecified atom stereocenters. The summed E-state index contributed by atoms with van der Waals surface area (Å²) >= 11 is 0. The largest absolute Gasteiger partial charge is 0.493 e. The van der Waals surface area contributed by atoms with Crippen molar-refractivity contribution in [2.24, 2.45) is 5.92 Å². The van der Waals surface area contributed by atoms with Gasteiger partial charge in [-0.3, -0.25) is 4.79 Å². The fraction of sp³-hybridized carbons (Fsp3) is 0.600. The number of nitrogens with zero attached hydrogens (tertiary/aromatic N) is 2. The summed E-state index contributed by atoms with van der Waals surface area (Å²) in [6.45, 7) is 3.43. The molecule has 1 saturated heterocycles. The van der Waals surface area contributed by atoms with Crippen LogP contribution in [0, 0.1) is 17.2 Å². The third kappa shape index (κ3) is 4.66. The van der Waals surface area contributed by atoms with Crippen LogP contribution >= 0.6 is 0 Å². The zero-order valence-electron chi connectivity index (χ0n) is 16.1. The van der Waals surface area contributed by atoms with E-state index in [4.69, 9.17) is 19.5 Å². The predicted octanol–water partition coefficient (Wildman–Crippen LogP) is 1.18. The van der Waals surface area contributed by atoms with Crippen molar-refractivity contribution in [2.75, 3.05) is 46.5 Å². The lowest BCUT2D eigenvalue weighted by atomic mass is 9.93. The van der Waals surface area contributed by atoms with Crippen LogP contribution in [-0.2, 0) is 0 Å². The number of likely N-dealkylation sites (tertiary alicyclic amines) is 1. The fourth-order valence-electron chi connectivity index (χ4n) is 3.64. The van der Waals surface area contributed by atoms with Crippen molar-refractivity contribution >= 4 is 5.91 Å². The molecule has 1 fully saturated rings. The molecule has 0 radical (unpaired) electrons. The summed E-state index contributed by atoms with van der Waals surface area (Å²) in [7, 11) is 1.54. The van der Waals surface area contributed by atoms with E-state index in [9.17, 15) is 9.90 Å². The molecule has 28 heavy (non-hydrogen) atoms. The number of benzene rings is 1. The van der Waals surface area contributed by atoms with Crippen molar-refractivity contribution in [1.29, 1.82) is 5.26 Å². The van der Waals surface area contributed by atoms with Crippen LogP contribution in [0.25, 0.3) is 0 Å². The summed E-state index contributed by atoms with van der Waals surface area (Å²) in [5.74, 6) is 1.13.